The molecule has 4 saturated carbocycles. The molecule has 0 spiro atoms. The molecule has 0 saturated heterocycles. The standard InChI is InChI=1S/C47H43N3/c1-2-42-43(37-9-5-3-6-10-37)49-45(39-11-7-4-8-12-39)50-44(42)38-19-23-41(24-20-38)47-28-33-25-34(29-47)27-46(26-33,31-47)40-21-17-36(18-22-40)35-15-13-32(30-48)14-16-35/h3-24,33-34,42,44H,2,25-29,31H2,1H3. The van der Waals surface area contributed by atoms with Gasteiger partial charge in [0.1, 0.15) is 0 Å². The fourth-order valence-corrected chi connectivity index (χ4v) is 10.7. The van der Waals surface area contributed by atoms with Gasteiger partial charge in [-0.05, 0) is 113 Å². The van der Waals surface area contributed by atoms with Gasteiger partial charge in [-0.25, -0.2) is 4.99 Å². The highest BCUT2D eigenvalue weighted by atomic mass is 15.0. The summed E-state index contributed by atoms with van der Waals surface area (Å²) in [5, 5.41) is 9.22. The van der Waals surface area contributed by atoms with Gasteiger partial charge in [0.15, 0.2) is 5.84 Å². The zero-order valence-electron chi connectivity index (χ0n) is 28.8. The summed E-state index contributed by atoms with van der Waals surface area (Å²) < 4.78 is 0. The molecule has 1 heterocycles. The largest absolute Gasteiger partial charge is 0.257 e. The van der Waals surface area contributed by atoms with E-state index < -0.39 is 0 Å². The van der Waals surface area contributed by atoms with Crippen molar-refractivity contribution in [3.63, 3.8) is 0 Å². The number of rotatable bonds is 7. The molecule has 0 aromatic heterocycles. The van der Waals surface area contributed by atoms with E-state index in [4.69, 9.17) is 9.98 Å². The molecule has 5 aromatic rings. The molecule has 4 aliphatic carbocycles. The average molecular weight is 650 g/mol. The van der Waals surface area contributed by atoms with Crippen LogP contribution in [-0.2, 0) is 10.8 Å². The lowest BCUT2D eigenvalue weighted by Gasteiger charge is -2.63. The first kappa shape index (κ1) is 30.9. The summed E-state index contributed by atoms with van der Waals surface area (Å²) >= 11 is 0. The molecule has 0 amide bonds. The molecule has 0 N–H and O–H groups in total. The maximum Gasteiger partial charge on any atom is 0.155 e. The lowest BCUT2D eigenvalue weighted by atomic mass is 9.41. The molecular formula is C47H43N3. The van der Waals surface area contributed by atoms with Gasteiger partial charge in [0.25, 0.3) is 0 Å². The van der Waals surface area contributed by atoms with E-state index in [9.17, 15) is 5.26 Å². The molecule has 246 valence electrons. The Labute approximate surface area is 296 Å². The average Bonchev–Trinajstić information content (AvgIpc) is 3.18. The van der Waals surface area contributed by atoms with Gasteiger partial charge in [0, 0.05) is 11.5 Å². The Morgan fingerprint density at radius 2 is 1.14 bits per heavy atom. The van der Waals surface area contributed by atoms with Gasteiger partial charge < -0.3 is 0 Å². The lowest BCUT2D eigenvalue weighted by molar-refractivity contribution is -0.0281. The van der Waals surface area contributed by atoms with E-state index >= 15 is 0 Å². The highest BCUT2D eigenvalue weighted by Crippen LogP contribution is 2.66. The first-order chi connectivity index (χ1) is 24.5. The minimum atomic E-state index is 0.0225. The number of aliphatic imine (C=N–C) groups is 2. The SMILES string of the molecule is CCC1C(c2ccccc2)=NC(c2ccccc2)=NC1c1ccc(C23CC4CC(CC(c5ccc(-c6ccc(C#N)cc6)cc5)(C4)C2)C3)cc1. The van der Waals surface area contributed by atoms with Crippen molar-refractivity contribution in [3.05, 3.63) is 167 Å². The number of nitrogens with zero attached hydrogens (tertiary/aromatic N) is 3. The monoisotopic (exact) mass is 649 g/mol. The third-order valence-electron chi connectivity index (χ3n) is 12.5. The van der Waals surface area contributed by atoms with E-state index in [1.807, 2.05) is 12.1 Å². The molecule has 10 rings (SSSR count). The topological polar surface area (TPSA) is 48.5 Å². The first-order valence-corrected chi connectivity index (χ1v) is 18.5. The van der Waals surface area contributed by atoms with Gasteiger partial charge in [-0.2, -0.15) is 5.26 Å². The molecular weight excluding hydrogens is 607 g/mol. The van der Waals surface area contributed by atoms with Gasteiger partial charge in [-0.15, -0.1) is 0 Å². The van der Waals surface area contributed by atoms with Crippen LogP contribution in [0.3, 0.4) is 0 Å². The predicted molar refractivity (Wildman–Crippen MR) is 204 cm³/mol. The molecule has 1 aliphatic heterocycles. The summed E-state index contributed by atoms with van der Waals surface area (Å²) in [4.78, 5) is 10.6. The van der Waals surface area contributed by atoms with Crippen LogP contribution >= 0.6 is 0 Å². The molecule has 0 radical (unpaired) electrons. The number of benzene rings is 5. The van der Waals surface area contributed by atoms with Crippen LogP contribution in [-0.4, -0.2) is 11.5 Å². The third-order valence-corrected chi connectivity index (χ3v) is 12.5. The smallest absolute Gasteiger partial charge is 0.155 e. The summed E-state index contributed by atoms with van der Waals surface area (Å²) in [6.07, 6.45) is 8.88. The van der Waals surface area contributed by atoms with Crippen molar-refractivity contribution in [3.8, 4) is 17.2 Å². The maximum absolute atomic E-state index is 9.22. The van der Waals surface area contributed by atoms with Crippen LogP contribution < -0.4 is 0 Å². The molecule has 4 atom stereocenters. The number of amidine groups is 1. The van der Waals surface area contributed by atoms with Crippen molar-refractivity contribution in [1.82, 2.24) is 0 Å². The first-order valence-electron chi connectivity index (χ1n) is 18.5. The highest BCUT2D eigenvalue weighted by molar-refractivity contribution is 6.15. The summed E-state index contributed by atoms with van der Waals surface area (Å²) in [7, 11) is 0. The molecule has 4 unspecified atom stereocenters. The van der Waals surface area contributed by atoms with E-state index in [1.54, 1.807) is 0 Å². The normalized spacial score (nSPS) is 28.1. The van der Waals surface area contributed by atoms with Crippen LogP contribution in [0.25, 0.3) is 11.1 Å². The quantitative estimate of drug-likeness (QED) is 0.173. The van der Waals surface area contributed by atoms with E-state index in [0.29, 0.717) is 5.56 Å². The number of nitriles is 1. The minimum Gasteiger partial charge on any atom is -0.257 e. The van der Waals surface area contributed by atoms with E-state index in [-0.39, 0.29) is 22.8 Å². The van der Waals surface area contributed by atoms with Crippen LogP contribution in [0.4, 0.5) is 0 Å². The molecule has 3 nitrogen and oxygen atoms in total. The van der Waals surface area contributed by atoms with Crippen molar-refractivity contribution in [2.24, 2.45) is 27.7 Å². The van der Waals surface area contributed by atoms with Gasteiger partial charge in [0.2, 0.25) is 0 Å². The summed E-state index contributed by atoms with van der Waals surface area (Å²) in [5.74, 6) is 2.63. The molecule has 4 bridgehead atoms. The Morgan fingerprint density at radius 3 is 1.68 bits per heavy atom. The fraction of sp³-hybridized carbons (Fsp3) is 0.298. The Morgan fingerprint density at radius 1 is 0.620 bits per heavy atom. The second-order valence-electron chi connectivity index (χ2n) is 15.6. The van der Waals surface area contributed by atoms with Crippen molar-refractivity contribution in [2.45, 2.75) is 68.7 Å². The summed E-state index contributed by atoms with van der Waals surface area (Å²) in [6, 6.07) is 50.6. The van der Waals surface area contributed by atoms with Gasteiger partial charge in [0.05, 0.1) is 23.4 Å². The Balaban J connectivity index is 1.03. The van der Waals surface area contributed by atoms with Crippen LogP contribution in [0, 0.1) is 29.1 Å². The minimum absolute atomic E-state index is 0.0225. The third kappa shape index (κ3) is 5.34. The highest BCUT2D eigenvalue weighted by Gasteiger charge is 2.58. The van der Waals surface area contributed by atoms with E-state index in [0.717, 1.165) is 35.4 Å². The predicted octanol–water partition coefficient (Wildman–Crippen LogP) is 11.0. The van der Waals surface area contributed by atoms with Crippen molar-refractivity contribution in [1.29, 1.82) is 5.26 Å². The van der Waals surface area contributed by atoms with E-state index in [2.05, 4.69) is 134 Å². The van der Waals surface area contributed by atoms with Gasteiger partial charge in [-0.3, -0.25) is 4.99 Å². The van der Waals surface area contributed by atoms with Crippen molar-refractivity contribution >= 4 is 11.5 Å². The molecule has 3 heteroatoms. The second kappa shape index (κ2) is 12.4. The van der Waals surface area contributed by atoms with Crippen molar-refractivity contribution < 1.29 is 0 Å². The molecule has 5 aliphatic rings. The summed E-state index contributed by atoms with van der Waals surface area (Å²) in [6.45, 7) is 2.28. The van der Waals surface area contributed by atoms with E-state index in [1.165, 1.54) is 71.9 Å². The lowest BCUT2D eigenvalue weighted by Crippen LogP contribution is -2.55. The number of hydrogen-bond acceptors (Lipinski definition) is 3. The summed E-state index contributed by atoms with van der Waals surface area (Å²) in [5.41, 5.74) is 11.3. The van der Waals surface area contributed by atoms with Crippen LogP contribution in [0.2, 0.25) is 0 Å². The molecule has 50 heavy (non-hydrogen) atoms. The Bertz CT molecular complexity index is 2090. The number of hydrogen-bond donors (Lipinski definition) is 0. The van der Waals surface area contributed by atoms with Crippen molar-refractivity contribution in [2.75, 3.05) is 0 Å². The van der Waals surface area contributed by atoms with Crippen LogP contribution in [0.5, 0.6) is 0 Å². The molecule has 5 aromatic carbocycles. The maximum atomic E-state index is 9.22. The van der Waals surface area contributed by atoms with Gasteiger partial charge in [-0.1, -0.05) is 128 Å². The second-order valence-corrected chi connectivity index (χ2v) is 15.6. The van der Waals surface area contributed by atoms with Gasteiger partial charge >= 0.3 is 0 Å². The van der Waals surface area contributed by atoms with Crippen LogP contribution in [0.1, 0.15) is 91.3 Å². The fourth-order valence-electron chi connectivity index (χ4n) is 10.7. The Kier molecular flexibility index (Phi) is 7.65. The Hall–Kier alpha value is -5.07. The zero-order valence-corrected chi connectivity index (χ0v) is 28.8. The zero-order chi connectivity index (χ0) is 33.7. The van der Waals surface area contributed by atoms with Crippen LogP contribution in [0.15, 0.2) is 143 Å². The molecule has 4 fully saturated rings.